The number of aryl methyl sites for hydroxylation is 1. The fraction of sp³-hybridized carbons (Fsp3) is 0.333. The summed E-state index contributed by atoms with van der Waals surface area (Å²) in [5.41, 5.74) is 1.52. The van der Waals surface area contributed by atoms with E-state index in [0.717, 1.165) is 11.1 Å². The highest BCUT2D eigenvalue weighted by molar-refractivity contribution is 6.44. The lowest BCUT2D eigenvalue weighted by atomic mass is 9.78. The van der Waals surface area contributed by atoms with Crippen molar-refractivity contribution >= 4 is 19.0 Å². The van der Waals surface area contributed by atoms with Crippen LogP contribution in [0.3, 0.4) is 0 Å². The summed E-state index contributed by atoms with van der Waals surface area (Å²) in [5.74, 6) is -0.896. The molecule has 0 spiro atoms. The first-order valence-corrected chi connectivity index (χ1v) is 9.89. The van der Waals surface area contributed by atoms with Gasteiger partial charge in [0.2, 0.25) is 5.91 Å². The fourth-order valence-electron chi connectivity index (χ4n) is 3.85. The molecule has 2 heterocycles. The first kappa shape index (κ1) is 20.2. The van der Waals surface area contributed by atoms with Gasteiger partial charge in [-0.1, -0.05) is 36.4 Å². The minimum atomic E-state index is -1.18. The number of fused-ring (bicyclic) bond motifs is 1. The molecule has 30 heavy (non-hydrogen) atoms. The number of carboxylic acids is 1. The third-order valence-corrected chi connectivity index (χ3v) is 5.45. The molecule has 2 aliphatic heterocycles. The second kappa shape index (κ2) is 8.37. The van der Waals surface area contributed by atoms with Crippen LogP contribution in [0, 0.1) is 0 Å². The maximum absolute atomic E-state index is 12.8. The zero-order chi connectivity index (χ0) is 21.3. The second-order valence-electron chi connectivity index (χ2n) is 7.46. The van der Waals surface area contributed by atoms with Crippen molar-refractivity contribution in [3.05, 3.63) is 59.2 Å². The summed E-state index contributed by atoms with van der Waals surface area (Å²) in [5, 5.41) is 22.5. The minimum Gasteiger partial charge on any atom is -0.535 e. The van der Waals surface area contributed by atoms with Gasteiger partial charge in [0.1, 0.15) is 29.2 Å². The van der Waals surface area contributed by atoms with Crippen LogP contribution in [0.15, 0.2) is 42.5 Å². The van der Waals surface area contributed by atoms with Crippen LogP contribution < -0.4 is 14.7 Å². The SMILES string of the molecule is CN[C@H](C(=O)N1CC(Oc2ccc3c(c2C(=O)O)OB(O)CC3)C1)c1ccccc1. The number of hydrogen-bond donors (Lipinski definition) is 3. The van der Waals surface area contributed by atoms with E-state index >= 15 is 0 Å². The lowest BCUT2D eigenvalue weighted by molar-refractivity contribution is -0.142. The molecule has 9 heteroatoms. The lowest BCUT2D eigenvalue weighted by Gasteiger charge is -2.41. The topological polar surface area (TPSA) is 108 Å². The predicted octanol–water partition coefficient (Wildman–Crippen LogP) is 1.35. The Morgan fingerprint density at radius 2 is 1.97 bits per heavy atom. The van der Waals surface area contributed by atoms with Crippen molar-refractivity contribution in [1.82, 2.24) is 10.2 Å². The monoisotopic (exact) mass is 410 g/mol. The molecule has 0 saturated carbocycles. The summed E-state index contributed by atoms with van der Waals surface area (Å²) in [4.78, 5) is 26.3. The van der Waals surface area contributed by atoms with Crippen molar-refractivity contribution < 1.29 is 29.1 Å². The number of likely N-dealkylation sites (N-methyl/N-ethyl adjacent to an activating group) is 1. The third kappa shape index (κ3) is 3.86. The zero-order valence-corrected chi connectivity index (χ0v) is 16.6. The molecule has 1 amide bonds. The molecule has 8 nitrogen and oxygen atoms in total. The van der Waals surface area contributed by atoms with E-state index in [1.165, 1.54) is 0 Å². The highest BCUT2D eigenvalue weighted by Gasteiger charge is 2.37. The van der Waals surface area contributed by atoms with Crippen molar-refractivity contribution in [1.29, 1.82) is 0 Å². The first-order chi connectivity index (χ1) is 14.5. The molecule has 2 aromatic rings. The van der Waals surface area contributed by atoms with Gasteiger partial charge in [-0.3, -0.25) is 4.79 Å². The van der Waals surface area contributed by atoms with Crippen LogP contribution >= 0.6 is 0 Å². The van der Waals surface area contributed by atoms with Crippen molar-refractivity contribution in [2.75, 3.05) is 20.1 Å². The van der Waals surface area contributed by atoms with E-state index in [1.54, 1.807) is 24.1 Å². The Morgan fingerprint density at radius 1 is 1.23 bits per heavy atom. The van der Waals surface area contributed by atoms with E-state index in [-0.39, 0.29) is 29.1 Å². The molecule has 1 saturated heterocycles. The molecule has 2 aliphatic rings. The highest BCUT2D eigenvalue weighted by Crippen LogP contribution is 2.37. The molecule has 2 aromatic carbocycles. The summed E-state index contributed by atoms with van der Waals surface area (Å²) in [7, 11) is 0.712. The Kier molecular flexibility index (Phi) is 5.65. The number of hydrogen-bond acceptors (Lipinski definition) is 6. The van der Waals surface area contributed by atoms with Gasteiger partial charge in [0.15, 0.2) is 0 Å². The summed E-state index contributed by atoms with van der Waals surface area (Å²) >= 11 is 0. The van der Waals surface area contributed by atoms with Gasteiger partial charge in [-0.15, -0.1) is 0 Å². The number of amides is 1. The average molecular weight is 410 g/mol. The predicted molar refractivity (Wildman–Crippen MR) is 110 cm³/mol. The van der Waals surface area contributed by atoms with Gasteiger partial charge >= 0.3 is 13.1 Å². The van der Waals surface area contributed by atoms with E-state index in [0.29, 0.717) is 25.8 Å². The van der Waals surface area contributed by atoms with Crippen LogP contribution in [-0.4, -0.2) is 60.3 Å². The molecule has 0 bridgehead atoms. The van der Waals surface area contributed by atoms with E-state index in [2.05, 4.69) is 5.32 Å². The van der Waals surface area contributed by atoms with E-state index < -0.39 is 19.1 Å². The van der Waals surface area contributed by atoms with Crippen LogP contribution in [0.5, 0.6) is 11.5 Å². The van der Waals surface area contributed by atoms with Gasteiger partial charge in [0.25, 0.3) is 0 Å². The number of rotatable bonds is 6. The van der Waals surface area contributed by atoms with Crippen molar-refractivity contribution in [3.63, 3.8) is 0 Å². The molecule has 1 atom stereocenters. The summed E-state index contributed by atoms with van der Waals surface area (Å²) in [6.45, 7) is 0.729. The lowest BCUT2D eigenvalue weighted by Crippen LogP contribution is -2.58. The molecule has 4 rings (SSSR count). The fourth-order valence-corrected chi connectivity index (χ4v) is 3.85. The Morgan fingerprint density at radius 3 is 2.63 bits per heavy atom. The van der Waals surface area contributed by atoms with E-state index in [9.17, 15) is 19.7 Å². The largest absolute Gasteiger partial charge is 0.535 e. The Balaban J connectivity index is 1.44. The van der Waals surface area contributed by atoms with Crippen molar-refractivity contribution in [2.45, 2.75) is 24.9 Å². The summed E-state index contributed by atoms with van der Waals surface area (Å²) < 4.78 is 11.3. The first-order valence-electron chi connectivity index (χ1n) is 9.89. The zero-order valence-electron chi connectivity index (χ0n) is 16.6. The standard InChI is InChI=1S/C21H23BN2O6/c1-23-18(13-5-3-2-4-6-13)20(25)24-11-15(12-24)29-16-8-7-14-9-10-22(28)30-19(14)17(16)21(26)27/h2-8,15,18,23,28H,9-12H2,1H3,(H,26,27)/t18-/m0/s1. The van der Waals surface area contributed by atoms with Crippen LogP contribution in [-0.2, 0) is 11.2 Å². The van der Waals surface area contributed by atoms with E-state index in [4.69, 9.17) is 9.39 Å². The third-order valence-electron chi connectivity index (χ3n) is 5.45. The molecule has 3 N–H and O–H groups in total. The molecule has 0 radical (unpaired) electrons. The van der Waals surface area contributed by atoms with Gasteiger partial charge < -0.3 is 29.7 Å². The molecule has 0 aliphatic carbocycles. The van der Waals surface area contributed by atoms with Gasteiger partial charge in [-0.05, 0) is 37.0 Å². The molecule has 1 fully saturated rings. The Labute approximate surface area is 174 Å². The number of likely N-dealkylation sites (tertiary alicyclic amines) is 1. The van der Waals surface area contributed by atoms with Gasteiger partial charge in [-0.2, -0.15) is 0 Å². The second-order valence-corrected chi connectivity index (χ2v) is 7.46. The maximum atomic E-state index is 12.8. The number of benzene rings is 2. The summed E-state index contributed by atoms with van der Waals surface area (Å²) in [6, 6.07) is 12.4. The maximum Gasteiger partial charge on any atom is 0.522 e. The minimum absolute atomic E-state index is 0.0566. The van der Waals surface area contributed by atoms with Gasteiger partial charge in [0.05, 0.1) is 13.1 Å². The van der Waals surface area contributed by atoms with E-state index in [1.807, 2.05) is 30.3 Å². The molecule has 156 valence electrons. The Hall–Kier alpha value is -3.04. The van der Waals surface area contributed by atoms with Crippen molar-refractivity contribution in [2.24, 2.45) is 0 Å². The van der Waals surface area contributed by atoms with Crippen LogP contribution in [0.2, 0.25) is 6.32 Å². The molecule has 0 unspecified atom stereocenters. The number of nitrogens with one attached hydrogen (secondary N) is 1. The van der Waals surface area contributed by atoms with Crippen molar-refractivity contribution in [3.8, 4) is 11.5 Å². The normalized spacial score (nSPS) is 16.9. The number of carboxylic acid groups (broad SMARTS) is 1. The number of carbonyl (C=O) groups is 2. The number of ether oxygens (including phenoxy) is 1. The highest BCUT2D eigenvalue weighted by atomic mass is 16.5. The van der Waals surface area contributed by atoms with Crippen LogP contribution in [0.4, 0.5) is 0 Å². The van der Waals surface area contributed by atoms with Crippen LogP contribution in [0.25, 0.3) is 0 Å². The smallest absolute Gasteiger partial charge is 0.522 e. The van der Waals surface area contributed by atoms with Crippen LogP contribution in [0.1, 0.15) is 27.5 Å². The van der Waals surface area contributed by atoms with Gasteiger partial charge in [-0.25, -0.2) is 4.79 Å². The number of carbonyl (C=O) groups excluding carboxylic acids is 1. The quantitative estimate of drug-likeness (QED) is 0.617. The molecule has 0 aromatic heterocycles. The molecular weight excluding hydrogens is 387 g/mol. The van der Waals surface area contributed by atoms with Gasteiger partial charge in [0, 0.05) is 0 Å². The summed E-state index contributed by atoms with van der Waals surface area (Å²) in [6.07, 6.45) is 0.639. The average Bonchev–Trinajstić information content (AvgIpc) is 2.70. The number of nitrogens with zero attached hydrogens (tertiary/aromatic N) is 1. The Bertz CT molecular complexity index is 948. The molecular formula is C21H23BN2O6. The number of aromatic carboxylic acids is 1.